The molecule has 14 heavy (non-hydrogen) atoms. The lowest BCUT2D eigenvalue weighted by molar-refractivity contribution is -0.128. The minimum atomic E-state index is -0.275. The number of hydrogen-bond acceptors (Lipinski definition) is 3. The molecule has 0 radical (unpaired) electrons. The van der Waals surface area contributed by atoms with Gasteiger partial charge in [0.2, 0.25) is 5.91 Å². The number of carbonyl (C=O) groups is 1. The highest BCUT2D eigenvalue weighted by molar-refractivity contribution is 5.88. The van der Waals surface area contributed by atoms with Gasteiger partial charge in [0.1, 0.15) is 0 Å². The summed E-state index contributed by atoms with van der Waals surface area (Å²) in [7, 11) is 0. The smallest absolute Gasteiger partial charge is 0.249 e. The van der Waals surface area contributed by atoms with Crippen molar-refractivity contribution in [1.29, 1.82) is 0 Å². The quantitative estimate of drug-likeness (QED) is 0.511. The van der Waals surface area contributed by atoms with Gasteiger partial charge < -0.3 is 15.1 Å². The summed E-state index contributed by atoms with van der Waals surface area (Å²) in [6.45, 7) is 2.94. The summed E-state index contributed by atoms with van der Waals surface area (Å²) >= 11 is 0. The van der Waals surface area contributed by atoms with Gasteiger partial charge in [0.25, 0.3) is 0 Å². The molecule has 1 aliphatic heterocycles. The lowest BCUT2D eigenvalue weighted by Gasteiger charge is -2.28. The van der Waals surface area contributed by atoms with Crippen LogP contribution < -0.4 is 0 Å². The Balaban J connectivity index is 2.46. The Morgan fingerprint density at radius 3 is 2.57 bits per heavy atom. The van der Waals surface area contributed by atoms with Crippen LogP contribution >= 0.6 is 0 Å². The van der Waals surface area contributed by atoms with Crippen LogP contribution in [0, 0.1) is 0 Å². The SMILES string of the molecule is CC/C(O)=C/C(=O)N1CCC(O)CC1. The van der Waals surface area contributed by atoms with E-state index >= 15 is 0 Å². The number of piperidine rings is 1. The fourth-order valence-corrected chi connectivity index (χ4v) is 1.42. The molecule has 0 aromatic rings. The summed E-state index contributed by atoms with van der Waals surface area (Å²) in [6.07, 6.45) is 2.72. The maximum absolute atomic E-state index is 11.5. The van der Waals surface area contributed by atoms with E-state index in [-0.39, 0.29) is 17.8 Å². The van der Waals surface area contributed by atoms with Gasteiger partial charge in [-0.25, -0.2) is 0 Å². The molecule has 1 saturated heterocycles. The number of rotatable bonds is 2. The van der Waals surface area contributed by atoms with E-state index in [9.17, 15) is 15.0 Å². The summed E-state index contributed by atoms with van der Waals surface area (Å²) in [4.78, 5) is 13.1. The maximum Gasteiger partial charge on any atom is 0.249 e. The molecule has 4 heteroatoms. The third-order valence-corrected chi connectivity index (χ3v) is 2.43. The van der Waals surface area contributed by atoms with Gasteiger partial charge in [0.15, 0.2) is 0 Å². The minimum Gasteiger partial charge on any atom is -0.512 e. The largest absolute Gasteiger partial charge is 0.512 e. The lowest BCUT2D eigenvalue weighted by atomic mass is 10.1. The lowest BCUT2D eigenvalue weighted by Crippen LogP contribution is -2.39. The summed E-state index contributed by atoms with van der Waals surface area (Å²) < 4.78 is 0. The van der Waals surface area contributed by atoms with E-state index < -0.39 is 0 Å². The first-order chi connectivity index (χ1) is 6.63. The molecule has 0 spiro atoms. The predicted octanol–water partition coefficient (Wildman–Crippen LogP) is 0.822. The fourth-order valence-electron chi connectivity index (χ4n) is 1.42. The van der Waals surface area contributed by atoms with Crippen LogP contribution in [0.1, 0.15) is 26.2 Å². The van der Waals surface area contributed by atoms with E-state index in [4.69, 9.17) is 0 Å². The Morgan fingerprint density at radius 1 is 1.50 bits per heavy atom. The molecule has 1 rings (SSSR count). The van der Waals surface area contributed by atoms with Gasteiger partial charge in [-0.3, -0.25) is 4.79 Å². The first-order valence-electron chi connectivity index (χ1n) is 5.00. The van der Waals surface area contributed by atoms with Gasteiger partial charge in [0, 0.05) is 25.6 Å². The molecule has 0 unspecified atom stereocenters. The van der Waals surface area contributed by atoms with Gasteiger partial charge in [0.05, 0.1) is 11.9 Å². The number of allylic oxidation sites excluding steroid dienone is 1. The van der Waals surface area contributed by atoms with Crippen LogP contribution in [-0.4, -0.2) is 40.2 Å². The summed E-state index contributed by atoms with van der Waals surface area (Å²) in [5.74, 6) is -0.0441. The Hall–Kier alpha value is -1.03. The van der Waals surface area contributed by atoms with Crippen molar-refractivity contribution in [2.24, 2.45) is 0 Å². The normalized spacial score (nSPS) is 19.9. The Bertz CT molecular complexity index is 230. The van der Waals surface area contributed by atoms with Crippen LogP contribution in [-0.2, 0) is 4.79 Å². The fraction of sp³-hybridized carbons (Fsp3) is 0.700. The Morgan fingerprint density at radius 2 is 2.07 bits per heavy atom. The highest BCUT2D eigenvalue weighted by Crippen LogP contribution is 2.10. The molecule has 1 aliphatic rings. The van der Waals surface area contributed by atoms with Crippen LogP contribution in [0.5, 0.6) is 0 Å². The zero-order valence-corrected chi connectivity index (χ0v) is 8.44. The number of aliphatic hydroxyl groups is 2. The molecule has 0 aliphatic carbocycles. The minimum absolute atomic E-state index is 0.112. The average Bonchev–Trinajstić information content (AvgIpc) is 2.18. The number of likely N-dealkylation sites (tertiary alicyclic amines) is 1. The monoisotopic (exact) mass is 199 g/mol. The second-order valence-electron chi connectivity index (χ2n) is 3.55. The molecule has 0 saturated carbocycles. The summed E-state index contributed by atoms with van der Waals surface area (Å²) in [5.41, 5.74) is 0. The van der Waals surface area contributed by atoms with E-state index in [0.29, 0.717) is 32.4 Å². The van der Waals surface area contributed by atoms with Crippen molar-refractivity contribution in [3.63, 3.8) is 0 Å². The number of aliphatic hydroxyl groups excluding tert-OH is 2. The molecule has 0 atom stereocenters. The molecule has 1 heterocycles. The predicted molar refractivity (Wildman–Crippen MR) is 52.8 cm³/mol. The average molecular weight is 199 g/mol. The molecule has 1 amide bonds. The third kappa shape index (κ3) is 3.03. The van der Waals surface area contributed by atoms with Crippen molar-refractivity contribution in [3.8, 4) is 0 Å². The molecule has 2 N–H and O–H groups in total. The van der Waals surface area contributed by atoms with Crippen LogP contribution in [0.4, 0.5) is 0 Å². The third-order valence-electron chi connectivity index (χ3n) is 2.43. The maximum atomic E-state index is 11.5. The zero-order chi connectivity index (χ0) is 10.6. The number of amides is 1. The molecule has 4 nitrogen and oxygen atoms in total. The number of hydrogen-bond donors (Lipinski definition) is 2. The van der Waals surface area contributed by atoms with Crippen LogP contribution in [0.2, 0.25) is 0 Å². The van der Waals surface area contributed by atoms with E-state index in [1.165, 1.54) is 6.08 Å². The number of carbonyl (C=O) groups excluding carboxylic acids is 1. The van der Waals surface area contributed by atoms with Crippen molar-refractivity contribution in [1.82, 2.24) is 4.90 Å². The topological polar surface area (TPSA) is 60.8 Å². The van der Waals surface area contributed by atoms with Crippen molar-refractivity contribution < 1.29 is 15.0 Å². The Labute approximate surface area is 83.8 Å². The van der Waals surface area contributed by atoms with E-state index in [2.05, 4.69) is 0 Å². The van der Waals surface area contributed by atoms with Crippen LogP contribution in [0.15, 0.2) is 11.8 Å². The van der Waals surface area contributed by atoms with E-state index in [1.807, 2.05) is 0 Å². The van der Waals surface area contributed by atoms with Crippen LogP contribution in [0.25, 0.3) is 0 Å². The molecule has 0 aromatic carbocycles. The first-order valence-corrected chi connectivity index (χ1v) is 5.00. The molecule has 80 valence electrons. The van der Waals surface area contributed by atoms with Gasteiger partial charge in [-0.05, 0) is 12.8 Å². The standard InChI is InChI=1S/C10H17NO3/c1-2-8(12)7-10(14)11-5-3-9(13)4-6-11/h7,9,12-13H,2-6H2,1H3/b8-7-. The van der Waals surface area contributed by atoms with Crippen LogP contribution in [0.3, 0.4) is 0 Å². The molecular weight excluding hydrogens is 182 g/mol. The summed E-state index contributed by atoms with van der Waals surface area (Å²) in [5, 5.41) is 18.4. The molecular formula is C10H17NO3. The van der Waals surface area contributed by atoms with Gasteiger partial charge >= 0.3 is 0 Å². The van der Waals surface area contributed by atoms with Crippen molar-refractivity contribution >= 4 is 5.91 Å². The highest BCUT2D eigenvalue weighted by Gasteiger charge is 2.19. The second-order valence-corrected chi connectivity index (χ2v) is 3.55. The molecule has 0 aromatic heterocycles. The first kappa shape index (κ1) is 11.0. The second kappa shape index (κ2) is 5.00. The molecule has 1 fully saturated rings. The van der Waals surface area contributed by atoms with Crippen molar-refractivity contribution in [2.75, 3.05) is 13.1 Å². The summed E-state index contributed by atoms with van der Waals surface area (Å²) in [6, 6.07) is 0. The van der Waals surface area contributed by atoms with Gasteiger partial charge in [-0.2, -0.15) is 0 Å². The van der Waals surface area contributed by atoms with E-state index in [0.717, 1.165) is 0 Å². The Kier molecular flexibility index (Phi) is 3.95. The zero-order valence-electron chi connectivity index (χ0n) is 8.44. The highest BCUT2D eigenvalue weighted by atomic mass is 16.3. The van der Waals surface area contributed by atoms with Crippen molar-refractivity contribution in [3.05, 3.63) is 11.8 Å². The molecule has 0 bridgehead atoms. The van der Waals surface area contributed by atoms with Gasteiger partial charge in [-0.15, -0.1) is 0 Å². The van der Waals surface area contributed by atoms with Gasteiger partial charge in [-0.1, -0.05) is 6.92 Å². The number of nitrogens with zero attached hydrogens (tertiary/aromatic N) is 1. The van der Waals surface area contributed by atoms with E-state index in [1.54, 1.807) is 11.8 Å². The van der Waals surface area contributed by atoms with Crippen molar-refractivity contribution in [2.45, 2.75) is 32.3 Å².